The van der Waals surface area contributed by atoms with Crippen LogP contribution in [0.1, 0.15) is 24.0 Å². The molecule has 9 heteroatoms. The van der Waals surface area contributed by atoms with Crippen LogP contribution >= 0.6 is 0 Å². The van der Waals surface area contributed by atoms with Crippen LogP contribution < -0.4 is 0 Å². The maximum Gasteiger partial charge on any atom is 0.321 e. The summed E-state index contributed by atoms with van der Waals surface area (Å²) in [4.78, 5) is 19.0. The molecule has 2 aromatic carbocycles. The Bertz CT molecular complexity index is 1190. The number of rotatable bonds is 8. The lowest BCUT2D eigenvalue weighted by Crippen LogP contribution is -2.58. The second kappa shape index (κ2) is 11.9. The second-order valence-electron chi connectivity index (χ2n) is 12.1. The van der Waals surface area contributed by atoms with Crippen molar-refractivity contribution in [3.63, 3.8) is 0 Å². The molecular formula is C30H40F3N3O2Si. The maximum atomic E-state index is 15.5. The molecule has 1 saturated heterocycles. The summed E-state index contributed by atoms with van der Waals surface area (Å²) in [6, 6.07) is 12.3. The van der Waals surface area contributed by atoms with Gasteiger partial charge < -0.3 is 19.8 Å². The van der Waals surface area contributed by atoms with E-state index in [0.717, 1.165) is 31.2 Å². The molecule has 2 aliphatic rings. The Morgan fingerprint density at radius 3 is 2.51 bits per heavy atom. The van der Waals surface area contributed by atoms with Crippen LogP contribution in [0, 0.1) is 11.6 Å². The number of alkyl halides is 1. The van der Waals surface area contributed by atoms with E-state index < -0.39 is 50.1 Å². The van der Waals surface area contributed by atoms with Gasteiger partial charge in [-0.25, -0.2) is 18.0 Å². The van der Waals surface area contributed by atoms with Crippen LogP contribution in [-0.2, 0) is 5.54 Å². The van der Waals surface area contributed by atoms with Crippen LogP contribution in [0.4, 0.5) is 18.0 Å². The van der Waals surface area contributed by atoms with E-state index >= 15 is 4.39 Å². The predicted octanol–water partition coefficient (Wildman–Crippen LogP) is 5.74. The van der Waals surface area contributed by atoms with E-state index in [1.54, 1.807) is 37.4 Å². The molecule has 2 amide bonds. The van der Waals surface area contributed by atoms with Crippen molar-refractivity contribution in [2.75, 3.05) is 39.8 Å². The fraction of sp³-hybridized carbons (Fsp3) is 0.500. The number of amides is 2. The van der Waals surface area contributed by atoms with Gasteiger partial charge in [-0.15, -0.1) is 0 Å². The first-order chi connectivity index (χ1) is 18.4. The topological polar surface area (TPSA) is 47.0 Å². The summed E-state index contributed by atoms with van der Waals surface area (Å²) in [7, 11) is 0.440. The summed E-state index contributed by atoms with van der Waals surface area (Å²) >= 11 is 0. The van der Waals surface area contributed by atoms with Gasteiger partial charge in [0.15, 0.2) is 0 Å². The molecule has 0 aromatic heterocycles. The van der Waals surface area contributed by atoms with E-state index in [9.17, 15) is 18.7 Å². The molecule has 3 atom stereocenters. The number of benzene rings is 2. The van der Waals surface area contributed by atoms with Gasteiger partial charge in [-0.3, -0.25) is 0 Å². The van der Waals surface area contributed by atoms with E-state index in [0.29, 0.717) is 24.1 Å². The number of hydrogen-bond donors (Lipinski definition) is 1. The van der Waals surface area contributed by atoms with Crippen molar-refractivity contribution < 1.29 is 23.1 Å². The molecule has 0 spiro atoms. The molecule has 1 fully saturated rings. The Morgan fingerprint density at radius 1 is 1.15 bits per heavy atom. The van der Waals surface area contributed by atoms with Crippen molar-refractivity contribution in [3.05, 3.63) is 77.4 Å². The molecule has 0 saturated carbocycles. The molecule has 0 aliphatic carbocycles. The van der Waals surface area contributed by atoms with Crippen LogP contribution in [0.5, 0.6) is 0 Å². The van der Waals surface area contributed by atoms with E-state index in [1.807, 2.05) is 6.07 Å². The molecule has 0 unspecified atom stereocenters. The average molecular weight is 560 g/mol. The smallest absolute Gasteiger partial charge is 0.321 e. The standard InChI is InChI=1S/C30H40F3N3O2Si/c1-34(28-13-15-35(20-27(28)33)14-8-16-39(2,3)4)29(38)36-19-22(25-17-24(31)11-12-26(25)32)18-30(36,21-37)23-9-6-5-7-10-23/h5-7,9-12,17-18,27-28,37H,8,13-16,19-21H2,1-4H3/t27-,28-,30+/m0/s1. The van der Waals surface area contributed by atoms with Gasteiger partial charge in [0.05, 0.1) is 12.6 Å². The number of carbonyl (C=O) groups is 1. The van der Waals surface area contributed by atoms with Crippen LogP contribution in [0.15, 0.2) is 54.6 Å². The first kappa shape index (κ1) is 29.4. The molecule has 2 heterocycles. The molecule has 4 rings (SSSR count). The first-order valence-electron chi connectivity index (χ1n) is 13.7. The minimum atomic E-state index is -1.30. The monoisotopic (exact) mass is 559 g/mol. The lowest BCUT2D eigenvalue weighted by molar-refractivity contribution is 0.0356. The van der Waals surface area contributed by atoms with E-state index in [4.69, 9.17) is 0 Å². The van der Waals surface area contributed by atoms with Gasteiger partial charge >= 0.3 is 6.03 Å². The number of carbonyl (C=O) groups excluding carboxylic acids is 1. The highest BCUT2D eigenvalue weighted by Crippen LogP contribution is 2.41. The zero-order valence-electron chi connectivity index (χ0n) is 23.3. The Hall–Kier alpha value is -2.62. The van der Waals surface area contributed by atoms with Gasteiger partial charge in [-0.2, -0.15) is 0 Å². The fourth-order valence-electron chi connectivity index (χ4n) is 5.82. The quantitative estimate of drug-likeness (QED) is 0.420. The number of aliphatic hydroxyl groups excluding tert-OH is 1. The Morgan fingerprint density at radius 2 is 1.87 bits per heavy atom. The van der Waals surface area contributed by atoms with E-state index in [2.05, 4.69) is 24.5 Å². The van der Waals surface area contributed by atoms with Crippen molar-refractivity contribution >= 4 is 19.7 Å². The zero-order chi connectivity index (χ0) is 28.4. The van der Waals surface area contributed by atoms with Crippen molar-refractivity contribution in [1.29, 1.82) is 0 Å². The summed E-state index contributed by atoms with van der Waals surface area (Å²) in [6.07, 6.45) is 1.98. The van der Waals surface area contributed by atoms with Gasteiger partial charge in [0, 0.05) is 40.3 Å². The summed E-state index contributed by atoms with van der Waals surface area (Å²) in [5, 5.41) is 10.7. The fourth-order valence-corrected chi connectivity index (χ4v) is 7.03. The van der Waals surface area contributed by atoms with Gasteiger partial charge in [0.1, 0.15) is 23.3 Å². The predicted molar refractivity (Wildman–Crippen MR) is 152 cm³/mol. The molecule has 0 bridgehead atoms. The van der Waals surface area contributed by atoms with E-state index in [-0.39, 0.29) is 18.7 Å². The third kappa shape index (κ3) is 6.42. The Kier molecular flexibility index (Phi) is 8.93. The van der Waals surface area contributed by atoms with Crippen LogP contribution in [0.25, 0.3) is 5.57 Å². The number of likely N-dealkylation sites (tertiary alicyclic amines) is 1. The van der Waals surface area contributed by atoms with Gasteiger partial charge in [0.25, 0.3) is 0 Å². The largest absolute Gasteiger partial charge is 0.393 e. The molecular weight excluding hydrogens is 519 g/mol. The lowest BCUT2D eigenvalue weighted by atomic mass is 9.89. The summed E-state index contributed by atoms with van der Waals surface area (Å²) in [5.74, 6) is -1.21. The number of nitrogens with zero attached hydrogens (tertiary/aromatic N) is 3. The number of hydrogen-bond acceptors (Lipinski definition) is 3. The van der Waals surface area contributed by atoms with E-state index in [1.165, 1.54) is 15.8 Å². The van der Waals surface area contributed by atoms with Gasteiger partial charge in [0.2, 0.25) is 0 Å². The van der Waals surface area contributed by atoms with Crippen LogP contribution in [0.2, 0.25) is 25.7 Å². The summed E-state index contributed by atoms with van der Waals surface area (Å²) in [5.41, 5.74) is -0.239. The Labute approximate surface area is 230 Å². The number of halogens is 3. The average Bonchev–Trinajstić information content (AvgIpc) is 3.30. The first-order valence-corrected chi connectivity index (χ1v) is 17.4. The SMILES string of the molecule is CN(C(=O)N1CC(c2cc(F)ccc2F)=C[C@@]1(CO)c1ccccc1)[C@H]1CCN(CCC[Si](C)(C)C)C[C@@H]1F. The molecule has 39 heavy (non-hydrogen) atoms. The van der Waals surface area contributed by atoms with Crippen molar-refractivity contribution in [3.8, 4) is 0 Å². The molecule has 1 N–H and O–H groups in total. The third-order valence-electron chi connectivity index (χ3n) is 8.03. The van der Waals surface area contributed by atoms with Crippen molar-refractivity contribution in [2.24, 2.45) is 0 Å². The molecule has 2 aromatic rings. The molecule has 0 radical (unpaired) electrons. The molecule has 212 valence electrons. The van der Waals surface area contributed by atoms with Crippen molar-refractivity contribution in [2.45, 2.75) is 56.3 Å². The zero-order valence-corrected chi connectivity index (χ0v) is 24.3. The number of urea groups is 1. The summed E-state index contributed by atoms with van der Waals surface area (Å²) < 4.78 is 44.3. The van der Waals surface area contributed by atoms with Crippen molar-refractivity contribution in [1.82, 2.24) is 14.7 Å². The minimum absolute atomic E-state index is 0.0386. The van der Waals surface area contributed by atoms with Crippen LogP contribution in [-0.4, -0.2) is 86.0 Å². The normalized spacial score (nSPS) is 24.1. The number of piperidine rings is 1. The highest BCUT2D eigenvalue weighted by molar-refractivity contribution is 6.76. The molecule has 2 aliphatic heterocycles. The minimum Gasteiger partial charge on any atom is -0.393 e. The number of aliphatic hydroxyl groups is 1. The maximum absolute atomic E-state index is 15.5. The van der Waals surface area contributed by atoms with Crippen LogP contribution in [0.3, 0.4) is 0 Å². The highest BCUT2D eigenvalue weighted by atomic mass is 28.3. The lowest BCUT2D eigenvalue weighted by Gasteiger charge is -2.44. The Balaban J connectivity index is 1.56. The molecule has 5 nitrogen and oxygen atoms in total. The summed E-state index contributed by atoms with van der Waals surface area (Å²) in [6.45, 7) is 8.32. The van der Waals surface area contributed by atoms with Gasteiger partial charge in [-0.05, 0) is 54.8 Å². The second-order valence-corrected chi connectivity index (χ2v) is 17.7. The highest BCUT2D eigenvalue weighted by Gasteiger charge is 2.47. The van der Waals surface area contributed by atoms with Gasteiger partial charge in [-0.1, -0.05) is 56.0 Å². The third-order valence-corrected chi connectivity index (χ3v) is 9.89.